The number of nitrogens with zero attached hydrogens (tertiary/aromatic N) is 1. The SMILES string of the molecule is C[N+](C)(C=O)C([C]=O)(C1CCCCC1)C1CCCCC1. The van der Waals surface area contributed by atoms with Gasteiger partial charge in [-0.05, 0) is 25.7 Å². The number of carbonyl (C=O) groups is 1. The van der Waals surface area contributed by atoms with Crippen molar-refractivity contribution < 1.29 is 14.1 Å². The molecule has 0 atom stereocenters. The summed E-state index contributed by atoms with van der Waals surface area (Å²) in [5.74, 6) is 0.661. The first kappa shape index (κ1) is 15.7. The van der Waals surface area contributed by atoms with Crippen molar-refractivity contribution in [2.75, 3.05) is 14.1 Å². The van der Waals surface area contributed by atoms with Crippen LogP contribution in [0.5, 0.6) is 0 Å². The molecule has 3 heteroatoms. The van der Waals surface area contributed by atoms with Crippen molar-refractivity contribution in [2.45, 2.75) is 69.7 Å². The molecule has 113 valence electrons. The van der Waals surface area contributed by atoms with Crippen LogP contribution in [0.1, 0.15) is 64.2 Å². The van der Waals surface area contributed by atoms with Gasteiger partial charge in [-0.2, -0.15) is 0 Å². The Bertz CT molecular complexity index is 321. The van der Waals surface area contributed by atoms with Crippen LogP contribution < -0.4 is 0 Å². The van der Waals surface area contributed by atoms with Crippen LogP contribution in [0.2, 0.25) is 0 Å². The van der Waals surface area contributed by atoms with E-state index in [9.17, 15) is 9.59 Å². The van der Waals surface area contributed by atoms with Crippen molar-refractivity contribution in [1.82, 2.24) is 0 Å². The van der Waals surface area contributed by atoms with E-state index in [0.29, 0.717) is 11.8 Å². The van der Waals surface area contributed by atoms with Crippen LogP contribution in [0, 0.1) is 11.8 Å². The number of rotatable bonds is 5. The summed E-state index contributed by atoms with van der Waals surface area (Å²) in [6.45, 7) is 0. The number of quaternary nitrogens is 1. The lowest BCUT2D eigenvalue weighted by Crippen LogP contribution is -2.68. The highest BCUT2D eigenvalue weighted by atomic mass is 16.2. The zero-order valence-electron chi connectivity index (χ0n) is 13.1. The largest absolute Gasteiger partial charge is 0.301 e. The average molecular weight is 279 g/mol. The Kier molecular flexibility index (Phi) is 5.00. The van der Waals surface area contributed by atoms with Crippen LogP contribution in [-0.2, 0) is 9.59 Å². The van der Waals surface area contributed by atoms with E-state index < -0.39 is 5.54 Å². The quantitative estimate of drug-likeness (QED) is 0.572. The third-order valence-corrected chi connectivity index (χ3v) is 5.84. The minimum Gasteiger partial charge on any atom is -0.283 e. The highest BCUT2D eigenvalue weighted by molar-refractivity contribution is 5.67. The minimum atomic E-state index is -0.609. The van der Waals surface area contributed by atoms with E-state index >= 15 is 0 Å². The maximum Gasteiger partial charge on any atom is 0.301 e. The number of carbonyl (C=O) groups excluding carboxylic acids is 2. The molecule has 2 aliphatic rings. The van der Waals surface area contributed by atoms with Crippen LogP contribution in [0.25, 0.3) is 0 Å². The number of likely N-dealkylation sites (N-methyl/N-ethyl adjacent to an activating group) is 1. The Balaban J connectivity index is 2.38. The van der Waals surface area contributed by atoms with Gasteiger partial charge in [-0.25, -0.2) is 4.79 Å². The van der Waals surface area contributed by atoms with Crippen LogP contribution in [0.15, 0.2) is 0 Å². The smallest absolute Gasteiger partial charge is 0.283 e. The van der Waals surface area contributed by atoms with Crippen LogP contribution in [0.4, 0.5) is 0 Å². The monoisotopic (exact) mass is 279 g/mol. The van der Waals surface area contributed by atoms with Crippen molar-refractivity contribution in [3.05, 3.63) is 0 Å². The highest BCUT2D eigenvalue weighted by Crippen LogP contribution is 2.46. The second-order valence-electron chi connectivity index (χ2n) is 7.24. The lowest BCUT2D eigenvalue weighted by molar-refractivity contribution is -0.859. The summed E-state index contributed by atoms with van der Waals surface area (Å²) in [4.78, 5) is 23.8. The molecule has 2 fully saturated rings. The second kappa shape index (κ2) is 6.38. The Labute approximate surface area is 123 Å². The van der Waals surface area contributed by atoms with Crippen molar-refractivity contribution in [3.63, 3.8) is 0 Å². The van der Waals surface area contributed by atoms with Crippen LogP contribution in [0.3, 0.4) is 0 Å². The molecule has 0 heterocycles. The van der Waals surface area contributed by atoms with Gasteiger partial charge in [0.2, 0.25) is 0 Å². The minimum absolute atomic E-state index is 0.159. The van der Waals surface area contributed by atoms with Crippen molar-refractivity contribution in [1.29, 1.82) is 0 Å². The summed E-state index contributed by atoms with van der Waals surface area (Å²) in [5, 5.41) is 0. The molecule has 0 bridgehead atoms. The molecule has 0 spiro atoms. The van der Waals surface area contributed by atoms with E-state index in [-0.39, 0.29) is 4.48 Å². The molecule has 0 aromatic rings. The molecule has 1 amide bonds. The van der Waals surface area contributed by atoms with Gasteiger partial charge in [0.05, 0.1) is 14.1 Å². The Hall–Kier alpha value is -0.700. The second-order valence-corrected chi connectivity index (χ2v) is 7.24. The van der Waals surface area contributed by atoms with Gasteiger partial charge in [-0.3, -0.25) is 9.28 Å². The fourth-order valence-corrected chi connectivity index (χ4v) is 4.73. The number of hydrogen-bond donors (Lipinski definition) is 0. The molecule has 0 N–H and O–H groups in total. The van der Waals surface area contributed by atoms with Crippen LogP contribution in [-0.4, -0.2) is 36.8 Å². The summed E-state index contributed by atoms with van der Waals surface area (Å²) in [5.41, 5.74) is -0.609. The zero-order chi connectivity index (χ0) is 14.6. The first-order chi connectivity index (χ1) is 9.58. The summed E-state index contributed by atoms with van der Waals surface area (Å²) in [6.07, 6.45) is 15.1. The molecule has 3 nitrogen and oxygen atoms in total. The summed E-state index contributed by atoms with van der Waals surface area (Å²) in [6, 6.07) is 0. The molecular weight excluding hydrogens is 250 g/mol. The average Bonchev–Trinajstić information content (AvgIpc) is 2.50. The zero-order valence-corrected chi connectivity index (χ0v) is 13.1. The van der Waals surface area contributed by atoms with E-state index in [4.69, 9.17) is 0 Å². The summed E-state index contributed by atoms with van der Waals surface area (Å²) >= 11 is 0. The van der Waals surface area contributed by atoms with Gasteiger partial charge in [-0.15, -0.1) is 0 Å². The molecule has 0 aromatic heterocycles. The molecule has 2 saturated carbocycles. The van der Waals surface area contributed by atoms with Gasteiger partial charge in [0, 0.05) is 11.8 Å². The summed E-state index contributed by atoms with van der Waals surface area (Å²) < 4.78 is 0.159. The lowest BCUT2D eigenvalue weighted by Gasteiger charge is -2.51. The molecule has 0 saturated heterocycles. The molecular formula is C17H29NO2+. The first-order valence-corrected chi connectivity index (χ1v) is 8.28. The standard InChI is InChI=1S/C17H29NO2/c1-18(2,14-20)17(13-19,15-9-5-3-6-10-15)16-11-7-4-8-12-16/h14-16H,3-12H2,1-2H3/q+1. The van der Waals surface area contributed by atoms with Gasteiger partial charge < -0.3 is 0 Å². The van der Waals surface area contributed by atoms with Gasteiger partial charge in [0.1, 0.15) is 0 Å². The molecule has 2 aliphatic carbocycles. The number of amides is 1. The Morgan fingerprint density at radius 2 is 1.30 bits per heavy atom. The molecule has 0 aromatic carbocycles. The Morgan fingerprint density at radius 3 is 1.60 bits per heavy atom. The lowest BCUT2D eigenvalue weighted by atomic mass is 9.63. The molecule has 20 heavy (non-hydrogen) atoms. The van der Waals surface area contributed by atoms with Crippen molar-refractivity contribution in [3.8, 4) is 0 Å². The van der Waals surface area contributed by atoms with Crippen molar-refractivity contribution >= 4 is 12.7 Å². The third-order valence-electron chi connectivity index (χ3n) is 5.84. The van der Waals surface area contributed by atoms with Crippen molar-refractivity contribution in [2.24, 2.45) is 11.8 Å². The topological polar surface area (TPSA) is 34.1 Å². The number of hydrogen-bond acceptors (Lipinski definition) is 2. The predicted octanol–water partition coefficient (Wildman–Crippen LogP) is 3.23. The van der Waals surface area contributed by atoms with E-state index in [1.165, 1.54) is 38.5 Å². The summed E-state index contributed by atoms with van der Waals surface area (Å²) in [7, 11) is 3.81. The van der Waals surface area contributed by atoms with E-state index in [0.717, 1.165) is 32.1 Å². The predicted molar refractivity (Wildman–Crippen MR) is 79.7 cm³/mol. The van der Waals surface area contributed by atoms with E-state index in [1.807, 2.05) is 14.1 Å². The molecule has 2 rings (SSSR count). The highest BCUT2D eigenvalue weighted by Gasteiger charge is 2.58. The van der Waals surface area contributed by atoms with E-state index in [1.54, 1.807) is 0 Å². The first-order valence-electron chi connectivity index (χ1n) is 8.28. The molecule has 0 unspecified atom stereocenters. The fraction of sp³-hybridized carbons (Fsp3) is 0.882. The normalized spacial score (nSPS) is 23.5. The Morgan fingerprint density at radius 1 is 0.900 bits per heavy atom. The van der Waals surface area contributed by atoms with Gasteiger partial charge in [0.25, 0.3) is 6.29 Å². The fourth-order valence-electron chi connectivity index (χ4n) is 4.73. The van der Waals surface area contributed by atoms with E-state index in [2.05, 4.69) is 6.29 Å². The van der Waals surface area contributed by atoms with Crippen LogP contribution >= 0.6 is 0 Å². The third kappa shape index (κ3) is 2.57. The van der Waals surface area contributed by atoms with Gasteiger partial charge in [0.15, 0.2) is 5.54 Å². The van der Waals surface area contributed by atoms with Gasteiger partial charge >= 0.3 is 6.41 Å². The maximum atomic E-state index is 12.1. The molecule has 1 radical (unpaired) electrons. The maximum absolute atomic E-state index is 12.1. The molecule has 0 aliphatic heterocycles. The van der Waals surface area contributed by atoms with Gasteiger partial charge in [-0.1, -0.05) is 38.5 Å².